The Kier molecular flexibility index (Phi) is 5.11. The van der Waals surface area contributed by atoms with E-state index in [2.05, 4.69) is 10.5 Å². The van der Waals surface area contributed by atoms with Crippen molar-refractivity contribution < 1.29 is 9.90 Å². The summed E-state index contributed by atoms with van der Waals surface area (Å²) < 4.78 is 0. The van der Waals surface area contributed by atoms with E-state index < -0.39 is 5.97 Å². The third-order valence-electron chi connectivity index (χ3n) is 3.61. The molecule has 0 aliphatic rings. The number of para-hydroxylation sites is 1. The van der Waals surface area contributed by atoms with Crippen molar-refractivity contribution in [1.82, 2.24) is 0 Å². The van der Waals surface area contributed by atoms with Crippen LogP contribution < -0.4 is 5.43 Å². The van der Waals surface area contributed by atoms with Gasteiger partial charge in [-0.1, -0.05) is 54.1 Å². The molecule has 0 saturated heterocycles. The Balaban J connectivity index is 1.79. The highest BCUT2D eigenvalue weighted by Gasteiger charge is 2.12. The molecule has 0 saturated carbocycles. The van der Waals surface area contributed by atoms with Gasteiger partial charge in [-0.15, -0.1) is 0 Å². The van der Waals surface area contributed by atoms with Crippen LogP contribution in [0.25, 0.3) is 11.1 Å². The molecule has 5 heteroatoms. The zero-order valence-electron chi connectivity index (χ0n) is 13.2. The summed E-state index contributed by atoms with van der Waals surface area (Å²) in [6.07, 6.45) is 1.70. The summed E-state index contributed by atoms with van der Waals surface area (Å²) in [5.74, 6) is -0.982. The molecule has 0 atom stereocenters. The first-order valence-corrected chi connectivity index (χ1v) is 7.99. The summed E-state index contributed by atoms with van der Waals surface area (Å²) in [7, 11) is 0. The molecule has 2 N–H and O–H groups in total. The number of hydrogen-bond donors (Lipinski definition) is 2. The van der Waals surface area contributed by atoms with Crippen LogP contribution in [0.5, 0.6) is 0 Å². The number of halogens is 1. The van der Waals surface area contributed by atoms with Gasteiger partial charge in [-0.3, -0.25) is 5.43 Å². The summed E-state index contributed by atoms with van der Waals surface area (Å²) in [6, 6.07) is 21.8. The lowest BCUT2D eigenvalue weighted by Crippen LogP contribution is -1.99. The number of hydrogen-bond acceptors (Lipinski definition) is 3. The highest BCUT2D eigenvalue weighted by Crippen LogP contribution is 2.27. The topological polar surface area (TPSA) is 61.7 Å². The van der Waals surface area contributed by atoms with E-state index in [-0.39, 0.29) is 5.56 Å². The van der Waals surface area contributed by atoms with Crippen molar-refractivity contribution >= 4 is 29.5 Å². The zero-order valence-corrected chi connectivity index (χ0v) is 13.9. The van der Waals surface area contributed by atoms with Crippen molar-refractivity contribution in [3.63, 3.8) is 0 Å². The van der Waals surface area contributed by atoms with Gasteiger partial charge in [0.1, 0.15) is 0 Å². The molecule has 0 radical (unpaired) electrons. The van der Waals surface area contributed by atoms with Gasteiger partial charge in [0.15, 0.2) is 0 Å². The van der Waals surface area contributed by atoms with Gasteiger partial charge in [-0.05, 0) is 47.0 Å². The molecule has 25 heavy (non-hydrogen) atoms. The largest absolute Gasteiger partial charge is 0.478 e. The van der Waals surface area contributed by atoms with E-state index in [0.717, 1.165) is 16.8 Å². The van der Waals surface area contributed by atoms with Crippen molar-refractivity contribution in [2.45, 2.75) is 0 Å². The summed E-state index contributed by atoms with van der Waals surface area (Å²) >= 11 is 6.01. The Morgan fingerprint density at radius 2 is 1.72 bits per heavy atom. The van der Waals surface area contributed by atoms with E-state index in [1.165, 1.54) is 6.07 Å². The molecule has 3 aromatic carbocycles. The van der Waals surface area contributed by atoms with Crippen LogP contribution in [0.3, 0.4) is 0 Å². The maximum absolute atomic E-state index is 11.4. The predicted molar refractivity (Wildman–Crippen MR) is 102 cm³/mol. The molecule has 3 aromatic rings. The summed E-state index contributed by atoms with van der Waals surface area (Å²) in [5.41, 5.74) is 6.34. The first-order valence-electron chi connectivity index (χ1n) is 7.61. The third-order valence-corrected chi connectivity index (χ3v) is 3.85. The minimum absolute atomic E-state index is 0.219. The van der Waals surface area contributed by atoms with Gasteiger partial charge in [0.05, 0.1) is 17.5 Å². The van der Waals surface area contributed by atoms with Crippen molar-refractivity contribution in [1.29, 1.82) is 0 Å². The average molecular weight is 351 g/mol. The summed E-state index contributed by atoms with van der Waals surface area (Å²) in [5, 5.41) is 14.0. The molecule has 0 aliphatic carbocycles. The average Bonchev–Trinajstić information content (AvgIpc) is 2.63. The van der Waals surface area contributed by atoms with Crippen LogP contribution in [0, 0.1) is 0 Å². The van der Waals surface area contributed by atoms with Gasteiger partial charge < -0.3 is 5.11 Å². The van der Waals surface area contributed by atoms with E-state index in [9.17, 15) is 9.90 Å². The zero-order chi connectivity index (χ0) is 17.6. The second-order valence-corrected chi connectivity index (χ2v) is 5.79. The fraction of sp³-hybridized carbons (Fsp3) is 0. The molecule has 0 bridgehead atoms. The number of nitrogens with one attached hydrogen (secondary N) is 1. The predicted octanol–water partition coefficient (Wildman–Crippen LogP) is 5.15. The summed E-state index contributed by atoms with van der Waals surface area (Å²) in [4.78, 5) is 11.4. The first-order chi connectivity index (χ1) is 12.1. The van der Waals surface area contributed by atoms with Crippen molar-refractivity contribution in [2.75, 3.05) is 5.43 Å². The number of aromatic carboxylic acids is 1. The maximum atomic E-state index is 11.4. The second kappa shape index (κ2) is 7.64. The minimum Gasteiger partial charge on any atom is -0.478 e. The minimum atomic E-state index is -0.982. The Hall–Kier alpha value is -3.11. The van der Waals surface area contributed by atoms with E-state index in [1.54, 1.807) is 18.3 Å². The molecule has 124 valence electrons. The number of carboxylic acid groups (broad SMARTS) is 1. The van der Waals surface area contributed by atoms with Crippen LogP contribution in [-0.2, 0) is 0 Å². The Labute approximate surface area is 150 Å². The van der Waals surface area contributed by atoms with E-state index in [1.807, 2.05) is 54.6 Å². The van der Waals surface area contributed by atoms with Crippen LogP contribution in [0.2, 0.25) is 5.02 Å². The molecular formula is C20H15ClN2O2. The van der Waals surface area contributed by atoms with Gasteiger partial charge in [-0.2, -0.15) is 5.10 Å². The monoisotopic (exact) mass is 350 g/mol. The highest BCUT2D eigenvalue weighted by molar-refractivity contribution is 6.31. The number of rotatable bonds is 5. The molecule has 0 heterocycles. The molecule has 3 rings (SSSR count). The quantitative estimate of drug-likeness (QED) is 0.494. The smallest absolute Gasteiger partial charge is 0.336 e. The molecule has 0 amide bonds. The van der Waals surface area contributed by atoms with E-state index in [0.29, 0.717) is 10.6 Å². The lowest BCUT2D eigenvalue weighted by molar-refractivity contribution is 0.0697. The fourth-order valence-electron chi connectivity index (χ4n) is 2.38. The van der Waals surface area contributed by atoms with Crippen LogP contribution in [0.15, 0.2) is 77.9 Å². The van der Waals surface area contributed by atoms with Crippen LogP contribution in [0.4, 0.5) is 5.69 Å². The summed E-state index contributed by atoms with van der Waals surface area (Å²) in [6.45, 7) is 0. The lowest BCUT2D eigenvalue weighted by Gasteiger charge is -2.07. The Morgan fingerprint density at radius 3 is 2.40 bits per heavy atom. The molecule has 0 spiro atoms. The number of hydrazone groups is 1. The maximum Gasteiger partial charge on any atom is 0.336 e. The van der Waals surface area contributed by atoms with Crippen LogP contribution in [0.1, 0.15) is 15.9 Å². The Morgan fingerprint density at radius 1 is 1.00 bits per heavy atom. The van der Waals surface area contributed by atoms with Gasteiger partial charge in [-0.25, -0.2) is 4.79 Å². The highest BCUT2D eigenvalue weighted by atomic mass is 35.5. The number of carboxylic acids is 1. The van der Waals surface area contributed by atoms with Gasteiger partial charge in [0, 0.05) is 5.02 Å². The normalized spacial score (nSPS) is 10.8. The number of anilines is 1. The fourth-order valence-corrected chi connectivity index (χ4v) is 2.56. The standard InChI is InChI=1S/C20H15ClN2O2/c21-16-10-11-18(20(24)25)19(12-16)15-8-6-14(7-9-15)13-22-23-17-4-2-1-3-5-17/h1-13,23H,(H,24,25). The van der Waals surface area contributed by atoms with Gasteiger partial charge >= 0.3 is 5.97 Å². The van der Waals surface area contributed by atoms with Crippen molar-refractivity contribution in [3.05, 3.63) is 88.9 Å². The third kappa shape index (κ3) is 4.25. The van der Waals surface area contributed by atoms with Crippen LogP contribution >= 0.6 is 11.6 Å². The SMILES string of the molecule is O=C(O)c1ccc(Cl)cc1-c1ccc(C=NNc2ccccc2)cc1. The van der Waals surface area contributed by atoms with Gasteiger partial charge in [0.2, 0.25) is 0 Å². The number of nitrogens with zero attached hydrogens (tertiary/aromatic N) is 1. The Bertz CT molecular complexity index is 907. The molecule has 0 aliphatic heterocycles. The van der Waals surface area contributed by atoms with Crippen LogP contribution in [-0.4, -0.2) is 17.3 Å². The lowest BCUT2D eigenvalue weighted by atomic mass is 9.99. The number of carbonyl (C=O) groups is 1. The second-order valence-electron chi connectivity index (χ2n) is 5.35. The van der Waals surface area contributed by atoms with E-state index >= 15 is 0 Å². The molecule has 0 fully saturated rings. The van der Waals surface area contributed by atoms with Crippen molar-refractivity contribution in [3.8, 4) is 11.1 Å². The molecule has 4 nitrogen and oxygen atoms in total. The number of benzene rings is 3. The van der Waals surface area contributed by atoms with Crippen molar-refractivity contribution in [2.24, 2.45) is 5.10 Å². The van der Waals surface area contributed by atoms with E-state index in [4.69, 9.17) is 11.6 Å². The molecule has 0 aromatic heterocycles. The molecule has 0 unspecified atom stereocenters. The first kappa shape index (κ1) is 16.7. The van der Waals surface area contributed by atoms with Gasteiger partial charge in [0.25, 0.3) is 0 Å². The molecular weight excluding hydrogens is 336 g/mol.